The zero-order valence-corrected chi connectivity index (χ0v) is 22.1. The molecule has 200 valence electrons. The largest absolute Gasteiger partial charge is 0.478 e. The number of carbonyl (C=O) groups is 2. The van der Waals surface area contributed by atoms with Crippen LogP contribution in [0.2, 0.25) is 0 Å². The molecule has 0 spiro atoms. The van der Waals surface area contributed by atoms with Gasteiger partial charge >= 0.3 is 5.97 Å². The van der Waals surface area contributed by atoms with Crippen molar-refractivity contribution in [2.45, 2.75) is 39.0 Å². The minimum absolute atomic E-state index is 0.0911. The summed E-state index contributed by atoms with van der Waals surface area (Å²) < 4.78 is 11.1. The lowest BCUT2D eigenvalue weighted by molar-refractivity contribution is -0.143. The fourth-order valence-corrected chi connectivity index (χ4v) is 5.15. The van der Waals surface area contributed by atoms with E-state index in [2.05, 4.69) is 57.2 Å². The van der Waals surface area contributed by atoms with Crippen LogP contribution in [0.1, 0.15) is 38.2 Å². The molecule has 0 aliphatic carbocycles. The van der Waals surface area contributed by atoms with Crippen molar-refractivity contribution in [3.63, 3.8) is 0 Å². The van der Waals surface area contributed by atoms with E-state index in [1.54, 1.807) is 6.92 Å². The minimum Gasteiger partial charge on any atom is -0.478 e. The Morgan fingerprint density at radius 3 is 2.61 bits per heavy atom. The fourth-order valence-electron chi connectivity index (χ4n) is 5.15. The van der Waals surface area contributed by atoms with Gasteiger partial charge in [0.1, 0.15) is 5.82 Å². The summed E-state index contributed by atoms with van der Waals surface area (Å²) in [6, 6.07) is 19.0. The molecule has 5 rings (SSSR count). The van der Waals surface area contributed by atoms with E-state index in [0.717, 1.165) is 51.1 Å². The summed E-state index contributed by atoms with van der Waals surface area (Å²) in [4.78, 5) is 35.0. The molecule has 3 heterocycles. The van der Waals surface area contributed by atoms with Crippen LogP contribution in [0.15, 0.2) is 54.6 Å². The van der Waals surface area contributed by atoms with Crippen LogP contribution in [0.4, 0.5) is 11.5 Å². The molecular formula is C30H36N4O4. The number of fused-ring (bicyclic) bond motifs is 2. The number of nitrogens with zero attached hydrogens (tertiary/aromatic N) is 4. The van der Waals surface area contributed by atoms with Gasteiger partial charge in [-0.3, -0.25) is 19.4 Å². The summed E-state index contributed by atoms with van der Waals surface area (Å²) >= 11 is 0. The van der Waals surface area contributed by atoms with Crippen LogP contribution < -0.4 is 14.5 Å². The molecule has 2 aromatic carbocycles. The third kappa shape index (κ3) is 6.07. The van der Waals surface area contributed by atoms with Gasteiger partial charge in [0.15, 0.2) is 6.73 Å². The number of rotatable bonds is 10. The Hall–Kier alpha value is -3.65. The lowest BCUT2D eigenvalue weighted by Crippen LogP contribution is -2.46. The first-order chi connectivity index (χ1) is 18.6. The van der Waals surface area contributed by atoms with Crippen LogP contribution in [-0.2, 0) is 20.7 Å². The molecule has 1 amide bonds. The third-order valence-electron chi connectivity index (χ3n) is 7.34. The third-order valence-corrected chi connectivity index (χ3v) is 7.34. The molecule has 2 aliphatic heterocycles. The van der Waals surface area contributed by atoms with Crippen molar-refractivity contribution in [2.75, 3.05) is 55.9 Å². The monoisotopic (exact) mass is 516 g/mol. The van der Waals surface area contributed by atoms with Gasteiger partial charge in [0.2, 0.25) is 11.8 Å². The highest BCUT2D eigenvalue weighted by atomic mass is 16.5. The van der Waals surface area contributed by atoms with E-state index in [4.69, 9.17) is 9.47 Å². The van der Waals surface area contributed by atoms with Gasteiger partial charge in [-0.15, -0.1) is 0 Å². The quantitative estimate of drug-likeness (QED) is 0.292. The van der Waals surface area contributed by atoms with E-state index in [1.807, 2.05) is 12.1 Å². The Morgan fingerprint density at radius 2 is 1.76 bits per heavy atom. The first-order valence-electron chi connectivity index (χ1n) is 13.7. The van der Waals surface area contributed by atoms with E-state index >= 15 is 0 Å². The zero-order valence-electron chi connectivity index (χ0n) is 22.1. The molecule has 8 heteroatoms. The fraction of sp³-hybridized carbons (Fsp3) is 0.433. The van der Waals surface area contributed by atoms with Gasteiger partial charge in [-0.1, -0.05) is 43.3 Å². The Kier molecular flexibility index (Phi) is 8.38. The van der Waals surface area contributed by atoms with E-state index in [9.17, 15) is 9.59 Å². The van der Waals surface area contributed by atoms with E-state index < -0.39 is 0 Å². The molecule has 1 fully saturated rings. The average Bonchev–Trinajstić information content (AvgIpc) is 2.96. The highest BCUT2D eigenvalue weighted by Crippen LogP contribution is 2.29. The van der Waals surface area contributed by atoms with E-state index in [1.165, 1.54) is 21.4 Å². The molecule has 2 aliphatic rings. The van der Waals surface area contributed by atoms with Crippen molar-refractivity contribution in [1.29, 1.82) is 0 Å². The molecule has 0 atom stereocenters. The van der Waals surface area contributed by atoms with Crippen LogP contribution in [0.25, 0.3) is 10.8 Å². The number of hydrogen-bond donors (Lipinski definition) is 0. The number of aromatic nitrogens is 1. The molecule has 8 nitrogen and oxygen atoms in total. The maximum Gasteiger partial charge on any atom is 0.307 e. The number of unbranched alkanes of at least 4 members (excludes halogenated alkanes) is 1. The van der Waals surface area contributed by atoms with Gasteiger partial charge in [0, 0.05) is 56.2 Å². The molecule has 0 saturated carbocycles. The van der Waals surface area contributed by atoms with Gasteiger partial charge in [-0.2, -0.15) is 4.98 Å². The smallest absolute Gasteiger partial charge is 0.307 e. The van der Waals surface area contributed by atoms with Crippen molar-refractivity contribution in [3.8, 4) is 5.88 Å². The van der Waals surface area contributed by atoms with Crippen LogP contribution in [-0.4, -0.2) is 67.8 Å². The van der Waals surface area contributed by atoms with Crippen molar-refractivity contribution in [2.24, 2.45) is 0 Å². The molecule has 0 bridgehead atoms. The van der Waals surface area contributed by atoms with Gasteiger partial charge in [0.05, 0.1) is 6.61 Å². The zero-order chi connectivity index (χ0) is 26.3. The standard InChI is InChI=1S/C30H36N4O4/c1-2-29(36)38-22-34-28(35)15-13-24-12-14-27(31-30(24)34)37-21-6-5-16-32-17-19-33(20-18-32)26-11-7-9-23-8-3-4-10-25(23)26/h3-4,7-12,14H,2,5-6,13,15-22H2,1H3. The van der Waals surface area contributed by atoms with Gasteiger partial charge < -0.3 is 14.4 Å². The predicted molar refractivity (Wildman–Crippen MR) is 149 cm³/mol. The maximum atomic E-state index is 12.4. The predicted octanol–water partition coefficient (Wildman–Crippen LogP) is 4.41. The number of esters is 1. The van der Waals surface area contributed by atoms with E-state index in [0.29, 0.717) is 31.1 Å². The van der Waals surface area contributed by atoms with Crippen molar-refractivity contribution < 1.29 is 19.1 Å². The second-order valence-electron chi connectivity index (χ2n) is 9.84. The Morgan fingerprint density at radius 1 is 0.947 bits per heavy atom. The number of aryl methyl sites for hydroxylation is 1. The average molecular weight is 517 g/mol. The number of hydrogen-bond acceptors (Lipinski definition) is 7. The number of anilines is 2. The first-order valence-corrected chi connectivity index (χ1v) is 13.7. The number of piperazine rings is 1. The SMILES string of the molecule is CCC(=O)OCN1C(=O)CCc2ccc(OCCCCN3CCN(c4cccc5ccccc45)CC3)nc21. The lowest BCUT2D eigenvalue weighted by Gasteiger charge is -2.36. The molecule has 3 aromatic rings. The van der Waals surface area contributed by atoms with Crippen LogP contribution >= 0.6 is 0 Å². The highest BCUT2D eigenvalue weighted by molar-refractivity contribution is 5.95. The van der Waals surface area contributed by atoms with Crippen LogP contribution in [0.3, 0.4) is 0 Å². The molecule has 0 N–H and O–H groups in total. The second-order valence-corrected chi connectivity index (χ2v) is 9.84. The molecule has 1 saturated heterocycles. The summed E-state index contributed by atoms with van der Waals surface area (Å²) in [5.74, 6) is 0.597. The van der Waals surface area contributed by atoms with Crippen molar-refractivity contribution in [1.82, 2.24) is 9.88 Å². The first kappa shape index (κ1) is 26.0. The number of ether oxygens (including phenoxy) is 2. The Bertz CT molecular complexity index is 1270. The van der Waals surface area contributed by atoms with Gasteiger partial charge in [0.25, 0.3) is 0 Å². The van der Waals surface area contributed by atoms with Gasteiger partial charge in [-0.05, 0) is 48.9 Å². The van der Waals surface area contributed by atoms with Gasteiger partial charge in [-0.25, -0.2) is 0 Å². The normalized spacial score (nSPS) is 16.0. The number of pyridine rings is 1. The van der Waals surface area contributed by atoms with Crippen molar-refractivity contribution in [3.05, 3.63) is 60.2 Å². The topological polar surface area (TPSA) is 75.2 Å². The Balaban J connectivity index is 1.06. The summed E-state index contributed by atoms with van der Waals surface area (Å²) in [6.07, 6.45) is 3.27. The lowest BCUT2D eigenvalue weighted by atomic mass is 10.1. The summed E-state index contributed by atoms with van der Waals surface area (Å²) in [5.41, 5.74) is 2.30. The number of carbonyl (C=O) groups excluding carboxylic acids is 2. The van der Waals surface area contributed by atoms with Crippen LogP contribution in [0.5, 0.6) is 5.88 Å². The minimum atomic E-state index is -0.340. The maximum absolute atomic E-state index is 12.4. The number of benzene rings is 2. The highest BCUT2D eigenvalue weighted by Gasteiger charge is 2.27. The molecule has 38 heavy (non-hydrogen) atoms. The summed E-state index contributed by atoms with van der Waals surface area (Å²) in [5, 5.41) is 2.62. The number of amides is 1. The van der Waals surface area contributed by atoms with E-state index in [-0.39, 0.29) is 25.0 Å². The molecular weight excluding hydrogens is 480 g/mol. The van der Waals surface area contributed by atoms with Crippen molar-refractivity contribution >= 4 is 34.2 Å². The Labute approximate surface area is 224 Å². The van der Waals surface area contributed by atoms with Crippen LogP contribution in [0, 0.1) is 0 Å². The summed E-state index contributed by atoms with van der Waals surface area (Å²) in [7, 11) is 0. The second kappa shape index (κ2) is 12.3. The molecule has 0 radical (unpaired) electrons. The molecule has 0 unspecified atom stereocenters. The molecule has 1 aromatic heterocycles. The summed E-state index contributed by atoms with van der Waals surface area (Å²) in [6.45, 7) is 7.42.